The predicted molar refractivity (Wildman–Crippen MR) is 214 cm³/mol. The summed E-state index contributed by atoms with van der Waals surface area (Å²) in [5.41, 5.74) is 19.4. The Labute approximate surface area is 297 Å². The third-order valence-electron chi connectivity index (χ3n) is 13.5. The Bertz CT molecular complexity index is 2340. The highest BCUT2D eigenvalue weighted by atomic mass is 15.3. The van der Waals surface area contributed by atoms with Crippen molar-refractivity contribution in [3.05, 3.63) is 126 Å². The molecule has 0 N–H and O–H groups in total. The Morgan fingerprint density at radius 1 is 0.700 bits per heavy atom. The van der Waals surface area contributed by atoms with Gasteiger partial charge in [-0.1, -0.05) is 107 Å². The Hall–Kier alpha value is -4.70. The first-order chi connectivity index (χ1) is 24.0. The molecule has 50 heavy (non-hydrogen) atoms. The zero-order valence-corrected chi connectivity index (χ0v) is 30.6. The van der Waals surface area contributed by atoms with Crippen molar-refractivity contribution < 1.29 is 0 Å². The molecule has 5 aromatic carbocycles. The minimum absolute atomic E-state index is 0.0333. The van der Waals surface area contributed by atoms with Crippen molar-refractivity contribution in [3.8, 4) is 5.69 Å². The van der Waals surface area contributed by atoms with Gasteiger partial charge in [-0.2, -0.15) is 0 Å². The highest BCUT2D eigenvalue weighted by molar-refractivity contribution is 7.00. The molecule has 0 radical (unpaired) electrons. The molecule has 0 amide bonds. The summed E-state index contributed by atoms with van der Waals surface area (Å²) >= 11 is 0. The Balaban J connectivity index is 1.38. The maximum absolute atomic E-state index is 2.87. The SMILES string of the molecule is Cc1c(C)n2c3c(cccc13)B1c3cc(C(C)(C)C)cc4c3N(c3cc(N(c5ccccc5)c5ccccc5)cc-2c31)C1(C)CCCCC41C. The predicted octanol–water partition coefficient (Wildman–Crippen LogP) is 9.90. The van der Waals surface area contributed by atoms with Gasteiger partial charge in [0.1, 0.15) is 0 Å². The average molecular weight is 652 g/mol. The van der Waals surface area contributed by atoms with Crippen LogP contribution in [0.15, 0.2) is 103 Å². The second-order valence-electron chi connectivity index (χ2n) is 17.0. The molecule has 4 heterocycles. The summed E-state index contributed by atoms with van der Waals surface area (Å²) in [6.45, 7) is 17.2. The lowest BCUT2D eigenvalue weighted by Gasteiger charge is -2.52. The van der Waals surface area contributed by atoms with Crippen LogP contribution in [0.3, 0.4) is 0 Å². The first-order valence-corrected chi connectivity index (χ1v) is 18.7. The first-order valence-electron chi connectivity index (χ1n) is 18.7. The molecule has 10 rings (SSSR count). The van der Waals surface area contributed by atoms with Crippen molar-refractivity contribution in [3.63, 3.8) is 0 Å². The highest BCUT2D eigenvalue weighted by Gasteiger charge is 2.61. The Morgan fingerprint density at radius 3 is 2.04 bits per heavy atom. The van der Waals surface area contributed by atoms with E-state index < -0.39 is 0 Å². The summed E-state index contributed by atoms with van der Waals surface area (Å²) in [6.07, 6.45) is 4.97. The lowest BCUT2D eigenvalue weighted by molar-refractivity contribution is 0.195. The molecule has 2 atom stereocenters. The van der Waals surface area contributed by atoms with Gasteiger partial charge in [-0.25, -0.2) is 0 Å². The largest absolute Gasteiger partial charge is 0.335 e. The summed E-state index contributed by atoms with van der Waals surface area (Å²) < 4.78 is 2.62. The third kappa shape index (κ3) is 3.67. The zero-order valence-electron chi connectivity index (χ0n) is 30.6. The van der Waals surface area contributed by atoms with Gasteiger partial charge in [-0.3, -0.25) is 0 Å². The fourth-order valence-electron chi connectivity index (χ4n) is 10.6. The monoisotopic (exact) mass is 651 g/mol. The standard InChI is InChI=1S/C46H46BN3/c1-29-30(2)48-39-27-34(49(32-17-10-8-11-18-32)33-19-12-9-13-20-33)28-40-41(39)47(37-22-16-21-35(29)42(37)48)38-26-31(44(3,4)5)25-36-43(38)50(40)46(7)24-15-14-23-45(36,46)6/h8-13,16-22,25-28H,14-15,23-24H2,1-7H3. The average Bonchev–Trinajstić information content (AvgIpc) is 3.50. The minimum atomic E-state index is -0.0333. The molecule has 3 aliphatic heterocycles. The molecule has 1 aromatic heterocycles. The van der Waals surface area contributed by atoms with Crippen LogP contribution in [0.4, 0.5) is 28.4 Å². The van der Waals surface area contributed by atoms with E-state index in [4.69, 9.17) is 0 Å². The molecular formula is C46H46BN3. The molecule has 6 aromatic rings. The molecule has 0 saturated heterocycles. The normalized spacial score (nSPS) is 21.3. The number of fused-ring (bicyclic) bond motifs is 7. The van der Waals surface area contributed by atoms with Gasteiger partial charge in [0, 0.05) is 50.4 Å². The number of aromatic nitrogens is 1. The maximum atomic E-state index is 2.87. The fraction of sp³-hybridized carbons (Fsp3) is 0.304. The summed E-state index contributed by atoms with van der Waals surface area (Å²) in [6, 6.07) is 39.2. The number of hydrogen-bond acceptors (Lipinski definition) is 2. The summed E-state index contributed by atoms with van der Waals surface area (Å²) in [5, 5.41) is 1.37. The maximum Gasteiger partial charge on any atom is 0.252 e. The van der Waals surface area contributed by atoms with E-state index in [9.17, 15) is 0 Å². The van der Waals surface area contributed by atoms with Crippen molar-refractivity contribution in [2.24, 2.45) is 0 Å². The van der Waals surface area contributed by atoms with Crippen LogP contribution in [0.2, 0.25) is 0 Å². The smallest absolute Gasteiger partial charge is 0.252 e. The molecule has 4 heteroatoms. The van der Waals surface area contributed by atoms with Crippen LogP contribution in [0.1, 0.15) is 82.7 Å². The van der Waals surface area contributed by atoms with E-state index in [1.165, 1.54) is 104 Å². The van der Waals surface area contributed by atoms with Crippen LogP contribution < -0.4 is 26.2 Å². The number of nitrogens with zero attached hydrogens (tertiary/aromatic N) is 3. The van der Waals surface area contributed by atoms with E-state index in [1.54, 1.807) is 5.56 Å². The lowest BCUT2D eigenvalue weighted by Crippen LogP contribution is -2.64. The van der Waals surface area contributed by atoms with Gasteiger partial charge < -0.3 is 14.4 Å². The van der Waals surface area contributed by atoms with Gasteiger partial charge in [0.15, 0.2) is 0 Å². The van der Waals surface area contributed by atoms with E-state index in [0.717, 1.165) is 0 Å². The van der Waals surface area contributed by atoms with Crippen LogP contribution in [0.5, 0.6) is 0 Å². The minimum Gasteiger partial charge on any atom is -0.335 e. The van der Waals surface area contributed by atoms with Crippen LogP contribution in [-0.4, -0.2) is 16.8 Å². The van der Waals surface area contributed by atoms with Crippen LogP contribution >= 0.6 is 0 Å². The van der Waals surface area contributed by atoms with E-state index in [2.05, 4.69) is 166 Å². The number of hydrogen-bond donors (Lipinski definition) is 0. The molecule has 3 nitrogen and oxygen atoms in total. The number of benzene rings is 5. The molecule has 1 fully saturated rings. The van der Waals surface area contributed by atoms with Crippen LogP contribution in [0.25, 0.3) is 16.6 Å². The fourth-order valence-corrected chi connectivity index (χ4v) is 10.6. The molecule has 0 spiro atoms. The molecule has 0 bridgehead atoms. The topological polar surface area (TPSA) is 11.4 Å². The van der Waals surface area contributed by atoms with E-state index >= 15 is 0 Å². The summed E-state index contributed by atoms with van der Waals surface area (Å²) in [7, 11) is 0. The molecule has 1 aliphatic carbocycles. The molecule has 1 saturated carbocycles. The van der Waals surface area contributed by atoms with Gasteiger partial charge >= 0.3 is 0 Å². The van der Waals surface area contributed by atoms with Crippen molar-refractivity contribution in [1.82, 2.24) is 4.57 Å². The van der Waals surface area contributed by atoms with Gasteiger partial charge in [0.05, 0.1) is 11.2 Å². The third-order valence-corrected chi connectivity index (χ3v) is 13.5. The van der Waals surface area contributed by atoms with Crippen molar-refractivity contribution in [2.45, 2.75) is 90.5 Å². The quantitative estimate of drug-likeness (QED) is 0.176. The van der Waals surface area contributed by atoms with Gasteiger partial charge in [0.2, 0.25) is 0 Å². The van der Waals surface area contributed by atoms with Gasteiger partial charge in [-0.15, -0.1) is 0 Å². The Morgan fingerprint density at radius 2 is 1.36 bits per heavy atom. The molecule has 4 aliphatic rings. The second kappa shape index (κ2) is 9.97. The van der Waals surface area contributed by atoms with Gasteiger partial charge in [-0.05, 0) is 109 Å². The molecule has 2 unspecified atom stereocenters. The Kier molecular flexibility index (Phi) is 6.01. The zero-order chi connectivity index (χ0) is 34.3. The lowest BCUT2D eigenvalue weighted by atomic mass is 9.33. The van der Waals surface area contributed by atoms with Crippen molar-refractivity contribution in [1.29, 1.82) is 0 Å². The van der Waals surface area contributed by atoms with Crippen LogP contribution in [-0.2, 0) is 10.8 Å². The van der Waals surface area contributed by atoms with Gasteiger partial charge in [0.25, 0.3) is 6.71 Å². The van der Waals surface area contributed by atoms with Crippen molar-refractivity contribution in [2.75, 3.05) is 9.80 Å². The van der Waals surface area contributed by atoms with E-state index in [-0.39, 0.29) is 23.1 Å². The van der Waals surface area contributed by atoms with Crippen molar-refractivity contribution >= 4 is 62.4 Å². The highest BCUT2D eigenvalue weighted by Crippen LogP contribution is 2.62. The first kappa shape index (κ1) is 30.2. The molecular weight excluding hydrogens is 605 g/mol. The second-order valence-corrected chi connectivity index (χ2v) is 17.0. The summed E-state index contributed by atoms with van der Waals surface area (Å²) in [5.74, 6) is 0. The van der Waals surface area contributed by atoms with E-state index in [0.29, 0.717) is 0 Å². The number of rotatable bonds is 3. The number of aryl methyl sites for hydroxylation is 1. The number of anilines is 5. The molecule has 248 valence electrons. The van der Waals surface area contributed by atoms with E-state index in [1.807, 2.05) is 0 Å². The van der Waals surface area contributed by atoms with Crippen LogP contribution in [0, 0.1) is 13.8 Å². The number of para-hydroxylation sites is 3. The summed E-state index contributed by atoms with van der Waals surface area (Å²) in [4.78, 5) is 5.33.